The lowest BCUT2D eigenvalue weighted by Gasteiger charge is -2.35. The zero-order valence-electron chi connectivity index (χ0n) is 11.5. The Kier molecular flexibility index (Phi) is 4.04. The first-order valence-corrected chi connectivity index (χ1v) is 7.90. The molecule has 112 valence electrons. The van der Waals surface area contributed by atoms with Gasteiger partial charge < -0.3 is 10.5 Å². The van der Waals surface area contributed by atoms with Crippen molar-refractivity contribution in [3.05, 3.63) is 24.0 Å². The van der Waals surface area contributed by atoms with Gasteiger partial charge in [-0.25, -0.2) is 17.5 Å². The van der Waals surface area contributed by atoms with E-state index in [2.05, 4.69) is 4.72 Å². The summed E-state index contributed by atoms with van der Waals surface area (Å²) in [6.45, 7) is 4.30. The molecule has 1 unspecified atom stereocenters. The smallest absolute Gasteiger partial charge is 0.242 e. The van der Waals surface area contributed by atoms with Gasteiger partial charge in [-0.15, -0.1) is 0 Å². The highest BCUT2D eigenvalue weighted by Crippen LogP contribution is 2.26. The van der Waals surface area contributed by atoms with Gasteiger partial charge in [0, 0.05) is 12.6 Å². The van der Waals surface area contributed by atoms with Crippen molar-refractivity contribution in [1.82, 2.24) is 4.72 Å². The molecule has 1 aromatic carbocycles. The molecule has 5 nitrogen and oxygen atoms in total. The average molecular weight is 302 g/mol. The first kappa shape index (κ1) is 15.2. The molecule has 1 saturated heterocycles. The van der Waals surface area contributed by atoms with Crippen LogP contribution in [0.2, 0.25) is 0 Å². The number of sulfonamides is 1. The van der Waals surface area contributed by atoms with Crippen LogP contribution in [-0.2, 0) is 14.8 Å². The van der Waals surface area contributed by atoms with Crippen LogP contribution in [-0.4, -0.2) is 26.7 Å². The van der Waals surface area contributed by atoms with Crippen molar-refractivity contribution in [2.75, 3.05) is 12.3 Å². The number of anilines is 1. The number of ether oxygens (including phenoxy) is 1. The van der Waals surface area contributed by atoms with Crippen LogP contribution in [0.1, 0.15) is 26.7 Å². The number of halogens is 1. The van der Waals surface area contributed by atoms with Gasteiger partial charge in [-0.3, -0.25) is 0 Å². The fourth-order valence-electron chi connectivity index (χ4n) is 2.37. The van der Waals surface area contributed by atoms with Gasteiger partial charge in [0.1, 0.15) is 10.7 Å². The maximum Gasteiger partial charge on any atom is 0.242 e. The molecule has 1 aromatic rings. The molecular formula is C13H19FN2O3S. The van der Waals surface area contributed by atoms with Gasteiger partial charge in [0.05, 0.1) is 11.3 Å². The Hall–Kier alpha value is -1.18. The molecular weight excluding hydrogens is 283 g/mol. The molecule has 1 atom stereocenters. The van der Waals surface area contributed by atoms with Gasteiger partial charge in [0.25, 0.3) is 0 Å². The van der Waals surface area contributed by atoms with E-state index in [1.54, 1.807) is 0 Å². The van der Waals surface area contributed by atoms with Crippen LogP contribution in [0.25, 0.3) is 0 Å². The monoisotopic (exact) mass is 302 g/mol. The largest absolute Gasteiger partial charge is 0.395 e. The van der Waals surface area contributed by atoms with E-state index in [0.29, 0.717) is 19.4 Å². The number of benzene rings is 1. The Labute approximate surface area is 118 Å². The molecule has 1 heterocycles. The Bertz CT molecular complexity index is 602. The summed E-state index contributed by atoms with van der Waals surface area (Å²) in [4.78, 5) is -0.221. The van der Waals surface area contributed by atoms with Gasteiger partial charge in [-0.1, -0.05) is 6.07 Å². The van der Waals surface area contributed by atoms with Crippen LogP contribution < -0.4 is 10.5 Å². The molecule has 0 amide bonds. The Balaban J connectivity index is 2.21. The summed E-state index contributed by atoms with van der Waals surface area (Å²) in [5, 5.41) is 0. The lowest BCUT2D eigenvalue weighted by molar-refractivity contribution is -0.0599. The van der Waals surface area contributed by atoms with Gasteiger partial charge in [-0.2, -0.15) is 0 Å². The van der Waals surface area contributed by atoms with Crippen molar-refractivity contribution in [2.45, 2.75) is 43.2 Å². The van der Waals surface area contributed by atoms with Gasteiger partial charge in [-0.05, 0) is 38.8 Å². The third-order valence-electron chi connectivity index (χ3n) is 3.32. The summed E-state index contributed by atoms with van der Waals surface area (Å²) < 4.78 is 46.1. The molecule has 7 heteroatoms. The minimum absolute atomic E-state index is 0.221. The maximum absolute atomic E-state index is 13.4. The van der Waals surface area contributed by atoms with Crippen molar-refractivity contribution >= 4 is 15.7 Å². The number of hydrogen-bond donors (Lipinski definition) is 2. The number of nitrogens with one attached hydrogen (secondary N) is 1. The van der Waals surface area contributed by atoms with Crippen LogP contribution >= 0.6 is 0 Å². The molecule has 0 aliphatic carbocycles. The first-order chi connectivity index (χ1) is 9.21. The topological polar surface area (TPSA) is 81.4 Å². The molecule has 0 radical (unpaired) electrons. The molecule has 0 aromatic heterocycles. The zero-order valence-corrected chi connectivity index (χ0v) is 12.3. The van der Waals surface area contributed by atoms with Crippen LogP contribution in [0.15, 0.2) is 23.1 Å². The van der Waals surface area contributed by atoms with E-state index < -0.39 is 15.8 Å². The minimum Gasteiger partial charge on any atom is -0.395 e. The second kappa shape index (κ2) is 5.31. The van der Waals surface area contributed by atoms with Crippen molar-refractivity contribution in [3.8, 4) is 0 Å². The summed E-state index contributed by atoms with van der Waals surface area (Å²) in [7, 11) is -3.83. The summed E-state index contributed by atoms with van der Waals surface area (Å²) in [6, 6.07) is 3.51. The second-order valence-electron chi connectivity index (χ2n) is 5.57. The molecule has 1 aliphatic rings. The summed E-state index contributed by atoms with van der Waals surface area (Å²) >= 11 is 0. The number of rotatable bonds is 3. The highest BCUT2D eigenvalue weighted by Gasteiger charge is 2.32. The fraction of sp³-hybridized carbons (Fsp3) is 0.538. The van der Waals surface area contributed by atoms with Gasteiger partial charge in [0.2, 0.25) is 10.0 Å². The number of nitrogens with two attached hydrogens (primary N) is 1. The van der Waals surface area contributed by atoms with Gasteiger partial charge >= 0.3 is 0 Å². The number of hydrogen-bond acceptors (Lipinski definition) is 4. The third-order valence-corrected chi connectivity index (χ3v) is 4.90. The van der Waals surface area contributed by atoms with Crippen molar-refractivity contribution < 1.29 is 17.5 Å². The maximum atomic E-state index is 13.4. The van der Waals surface area contributed by atoms with E-state index in [4.69, 9.17) is 10.5 Å². The SMILES string of the molecule is CC1(C)CC(NS(=O)(=O)c2cccc(F)c2N)CCO1. The van der Waals surface area contributed by atoms with E-state index >= 15 is 0 Å². The van der Waals surface area contributed by atoms with E-state index in [-0.39, 0.29) is 22.2 Å². The quantitative estimate of drug-likeness (QED) is 0.832. The van der Waals surface area contributed by atoms with Gasteiger partial charge in [0.15, 0.2) is 0 Å². The van der Waals surface area contributed by atoms with Crippen LogP contribution in [0.4, 0.5) is 10.1 Å². The normalized spacial score (nSPS) is 22.6. The van der Waals surface area contributed by atoms with Crippen LogP contribution in [0, 0.1) is 5.82 Å². The van der Waals surface area contributed by atoms with Crippen molar-refractivity contribution in [1.29, 1.82) is 0 Å². The van der Waals surface area contributed by atoms with Crippen LogP contribution in [0.5, 0.6) is 0 Å². The molecule has 0 bridgehead atoms. The van der Waals surface area contributed by atoms with E-state index in [1.807, 2.05) is 13.8 Å². The Morgan fingerprint density at radius 1 is 1.45 bits per heavy atom. The lowest BCUT2D eigenvalue weighted by atomic mass is 9.95. The predicted molar refractivity (Wildman–Crippen MR) is 74.2 cm³/mol. The van der Waals surface area contributed by atoms with E-state index in [9.17, 15) is 12.8 Å². The Morgan fingerprint density at radius 3 is 2.80 bits per heavy atom. The lowest BCUT2D eigenvalue weighted by Crippen LogP contribution is -2.45. The highest BCUT2D eigenvalue weighted by molar-refractivity contribution is 7.89. The van der Waals surface area contributed by atoms with Crippen molar-refractivity contribution in [2.24, 2.45) is 0 Å². The predicted octanol–water partition coefficient (Wildman–Crippen LogP) is 1.64. The number of nitrogen functional groups attached to an aromatic ring is 1. The van der Waals surface area contributed by atoms with Crippen LogP contribution in [0.3, 0.4) is 0 Å². The standard InChI is InChI=1S/C13H19FN2O3S/c1-13(2)8-9(6-7-19-13)16-20(17,18)11-5-3-4-10(14)12(11)15/h3-5,9,16H,6-8,15H2,1-2H3. The minimum atomic E-state index is -3.83. The molecule has 1 aliphatic heterocycles. The molecule has 3 N–H and O–H groups in total. The zero-order chi connectivity index (χ0) is 15.0. The molecule has 2 rings (SSSR count). The van der Waals surface area contributed by atoms with E-state index in [1.165, 1.54) is 12.1 Å². The summed E-state index contributed by atoms with van der Waals surface area (Å²) in [6.07, 6.45) is 1.14. The molecule has 1 fully saturated rings. The van der Waals surface area contributed by atoms with Crippen molar-refractivity contribution in [3.63, 3.8) is 0 Å². The second-order valence-corrected chi connectivity index (χ2v) is 7.25. The molecule has 0 saturated carbocycles. The summed E-state index contributed by atoms with van der Waals surface area (Å²) in [5.74, 6) is -0.736. The van der Waals surface area contributed by atoms with E-state index in [0.717, 1.165) is 6.07 Å². The fourth-order valence-corrected chi connectivity index (χ4v) is 3.78. The first-order valence-electron chi connectivity index (χ1n) is 6.41. The third kappa shape index (κ3) is 3.28. The number of para-hydroxylation sites is 1. The molecule has 20 heavy (non-hydrogen) atoms. The Morgan fingerprint density at radius 2 is 2.15 bits per heavy atom. The highest BCUT2D eigenvalue weighted by atomic mass is 32.2. The molecule has 0 spiro atoms. The average Bonchev–Trinajstić information content (AvgIpc) is 2.30. The summed E-state index contributed by atoms with van der Waals surface area (Å²) in [5.41, 5.74) is 4.78.